The van der Waals surface area contributed by atoms with Crippen molar-refractivity contribution >= 4 is 23.4 Å². The molecule has 2 aromatic rings. The quantitative estimate of drug-likeness (QED) is 0.691. The summed E-state index contributed by atoms with van der Waals surface area (Å²) in [6.45, 7) is 2.45. The summed E-state index contributed by atoms with van der Waals surface area (Å²) in [6.07, 6.45) is 4.92. The smallest absolute Gasteiger partial charge is 0.272 e. The molecule has 2 bridgehead atoms. The van der Waals surface area contributed by atoms with Crippen LogP contribution in [0, 0.1) is 5.92 Å². The van der Waals surface area contributed by atoms with Crippen LogP contribution in [0.4, 0.5) is 5.69 Å². The van der Waals surface area contributed by atoms with Gasteiger partial charge in [0.1, 0.15) is 17.0 Å². The van der Waals surface area contributed by atoms with E-state index in [4.69, 9.17) is 4.74 Å². The van der Waals surface area contributed by atoms with Crippen molar-refractivity contribution in [2.24, 2.45) is 5.92 Å². The second-order valence-electron chi connectivity index (χ2n) is 10.0. The Morgan fingerprint density at radius 2 is 1.97 bits per heavy atom. The Bertz CT molecular complexity index is 1220. The Kier molecular flexibility index (Phi) is 5.67. The van der Waals surface area contributed by atoms with Gasteiger partial charge in [0.25, 0.3) is 11.8 Å². The second-order valence-corrected chi connectivity index (χ2v) is 10.0. The standard InChI is InChI=1S/C27H31N5O4/c1-36-19-9-11-28-22(17-19)25(34)30-12-5-10-29-24(33)21-16-18-6-4-13-32(18)27(21)20-7-2-3-8-23(20)31(15-14-30)26(27)35/h2-3,7-9,11,17-18,21H,4-6,10,12-16H2,1H3,(H,29,33)/t18-,21-,27+/m0/s1. The number of carbonyl (C=O) groups is 3. The van der Waals surface area contributed by atoms with Gasteiger partial charge in [0.2, 0.25) is 5.91 Å². The van der Waals surface area contributed by atoms with Crippen LogP contribution in [0.3, 0.4) is 0 Å². The maximum absolute atomic E-state index is 14.4. The molecule has 1 spiro atoms. The van der Waals surface area contributed by atoms with Crippen molar-refractivity contribution in [3.05, 3.63) is 53.9 Å². The fraction of sp³-hybridized carbons (Fsp3) is 0.481. The van der Waals surface area contributed by atoms with Crippen LogP contribution in [-0.2, 0) is 15.1 Å². The molecule has 3 amide bonds. The number of nitrogens with one attached hydrogen (secondary N) is 1. The minimum atomic E-state index is -0.968. The van der Waals surface area contributed by atoms with E-state index in [1.54, 1.807) is 35.2 Å². The molecule has 3 fully saturated rings. The largest absolute Gasteiger partial charge is 0.497 e. The average molecular weight is 490 g/mol. The number of ether oxygens (including phenoxy) is 1. The molecule has 1 N–H and O–H groups in total. The number of benzene rings is 1. The molecule has 5 heterocycles. The first-order valence-electron chi connectivity index (χ1n) is 12.8. The molecule has 9 nitrogen and oxygen atoms in total. The predicted molar refractivity (Wildman–Crippen MR) is 133 cm³/mol. The summed E-state index contributed by atoms with van der Waals surface area (Å²) in [4.78, 5) is 51.4. The Balaban J connectivity index is 1.38. The van der Waals surface area contributed by atoms with Gasteiger partial charge in [-0.05, 0) is 44.4 Å². The first kappa shape index (κ1) is 23.0. The second kappa shape index (κ2) is 8.89. The lowest BCUT2D eigenvalue weighted by Crippen LogP contribution is -2.57. The van der Waals surface area contributed by atoms with E-state index in [9.17, 15) is 14.4 Å². The normalized spacial score (nSPS) is 28.0. The predicted octanol–water partition coefficient (Wildman–Crippen LogP) is 1.78. The van der Waals surface area contributed by atoms with Gasteiger partial charge in [0, 0.05) is 55.7 Å². The molecule has 9 heteroatoms. The molecule has 0 radical (unpaired) electrons. The highest BCUT2D eigenvalue weighted by molar-refractivity contribution is 6.11. The third-order valence-electron chi connectivity index (χ3n) is 8.31. The topological polar surface area (TPSA) is 95.1 Å². The zero-order valence-corrected chi connectivity index (χ0v) is 20.5. The Morgan fingerprint density at radius 3 is 2.83 bits per heavy atom. The minimum Gasteiger partial charge on any atom is -0.497 e. The van der Waals surface area contributed by atoms with Gasteiger partial charge in [-0.25, -0.2) is 0 Å². The molecule has 188 valence electrons. The van der Waals surface area contributed by atoms with Crippen LogP contribution in [0.2, 0.25) is 0 Å². The molecule has 4 aliphatic rings. The van der Waals surface area contributed by atoms with Crippen LogP contribution in [-0.4, -0.2) is 78.4 Å². The Labute approximate surface area is 210 Å². The van der Waals surface area contributed by atoms with Gasteiger partial charge in [-0.1, -0.05) is 18.2 Å². The van der Waals surface area contributed by atoms with E-state index < -0.39 is 11.5 Å². The first-order valence-corrected chi connectivity index (χ1v) is 12.8. The lowest BCUT2D eigenvalue weighted by atomic mass is 9.78. The Morgan fingerprint density at radius 1 is 1.11 bits per heavy atom. The van der Waals surface area contributed by atoms with Gasteiger partial charge < -0.3 is 19.9 Å². The van der Waals surface area contributed by atoms with E-state index in [0.717, 1.165) is 30.6 Å². The molecule has 36 heavy (non-hydrogen) atoms. The van der Waals surface area contributed by atoms with Gasteiger partial charge >= 0.3 is 0 Å². The number of aromatic nitrogens is 1. The number of hydrogen-bond acceptors (Lipinski definition) is 6. The highest BCUT2D eigenvalue weighted by Crippen LogP contribution is 2.57. The van der Waals surface area contributed by atoms with Crippen LogP contribution < -0.4 is 15.0 Å². The number of carbonyl (C=O) groups excluding carboxylic acids is 3. The molecule has 0 aliphatic carbocycles. The van der Waals surface area contributed by atoms with E-state index in [0.29, 0.717) is 50.5 Å². The van der Waals surface area contributed by atoms with E-state index in [2.05, 4.69) is 15.2 Å². The summed E-state index contributed by atoms with van der Waals surface area (Å²) >= 11 is 0. The van der Waals surface area contributed by atoms with E-state index in [1.807, 2.05) is 24.3 Å². The molecule has 1 aromatic heterocycles. The first-order chi connectivity index (χ1) is 17.6. The number of amides is 3. The molecular formula is C27H31N5O4. The molecule has 6 rings (SSSR count). The number of pyridine rings is 1. The number of methoxy groups -OCH3 is 1. The lowest BCUT2D eigenvalue weighted by Gasteiger charge is -2.37. The van der Waals surface area contributed by atoms with Crippen molar-refractivity contribution in [2.75, 3.05) is 44.7 Å². The summed E-state index contributed by atoms with van der Waals surface area (Å²) < 4.78 is 5.27. The van der Waals surface area contributed by atoms with Crippen molar-refractivity contribution in [3.8, 4) is 5.75 Å². The Hall–Kier alpha value is -3.46. The summed E-state index contributed by atoms with van der Waals surface area (Å²) in [5, 5.41) is 3.10. The third kappa shape index (κ3) is 3.32. The highest BCUT2D eigenvalue weighted by atomic mass is 16.5. The third-order valence-corrected chi connectivity index (χ3v) is 8.31. The van der Waals surface area contributed by atoms with Gasteiger partial charge in [-0.2, -0.15) is 0 Å². The molecule has 3 saturated heterocycles. The zero-order valence-electron chi connectivity index (χ0n) is 20.5. The fourth-order valence-electron chi connectivity index (χ4n) is 6.74. The van der Waals surface area contributed by atoms with Crippen molar-refractivity contribution in [1.29, 1.82) is 0 Å². The van der Waals surface area contributed by atoms with Crippen molar-refractivity contribution in [2.45, 2.75) is 37.3 Å². The molecule has 0 unspecified atom stereocenters. The van der Waals surface area contributed by atoms with Crippen molar-refractivity contribution < 1.29 is 19.1 Å². The van der Waals surface area contributed by atoms with E-state index in [-0.39, 0.29) is 23.8 Å². The van der Waals surface area contributed by atoms with Gasteiger partial charge in [0.05, 0.1) is 13.0 Å². The van der Waals surface area contributed by atoms with E-state index in [1.165, 1.54) is 0 Å². The fourth-order valence-corrected chi connectivity index (χ4v) is 6.74. The van der Waals surface area contributed by atoms with Crippen molar-refractivity contribution in [3.63, 3.8) is 0 Å². The average Bonchev–Trinajstić information content (AvgIpc) is 3.56. The number of anilines is 1. The summed E-state index contributed by atoms with van der Waals surface area (Å²) in [6, 6.07) is 11.4. The van der Waals surface area contributed by atoms with Crippen molar-refractivity contribution in [1.82, 2.24) is 20.1 Å². The number of para-hydroxylation sites is 1. The van der Waals surface area contributed by atoms with Crippen LogP contribution in [0.1, 0.15) is 41.7 Å². The zero-order chi connectivity index (χ0) is 24.9. The number of hydrogen-bond donors (Lipinski definition) is 1. The van der Waals surface area contributed by atoms with Crippen LogP contribution >= 0.6 is 0 Å². The summed E-state index contributed by atoms with van der Waals surface area (Å²) in [7, 11) is 1.55. The molecule has 0 saturated carbocycles. The SMILES string of the molecule is COc1ccnc(C(=O)N2CCCNC(=O)[C@@H]3C[C@@H]4CCCN4[C@@]34C(=O)N(CC2)c2ccccc24)c1. The molecular weight excluding hydrogens is 458 g/mol. The monoisotopic (exact) mass is 489 g/mol. The molecule has 4 aliphatic heterocycles. The van der Waals surface area contributed by atoms with Gasteiger partial charge in [-0.3, -0.25) is 24.3 Å². The van der Waals surface area contributed by atoms with Crippen LogP contribution in [0.5, 0.6) is 5.75 Å². The molecule has 3 atom stereocenters. The van der Waals surface area contributed by atoms with Gasteiger partial charge in [-0.15, -0.1) is 0 Å². The maximum Gasteiger partial charge on any atom is 0.272 e. The molecule has 1 aromatic carbocycles. The highest BCUT2D eigenvalue weighted by Gasteiger charge is 2.67. The van der Waals surface area contributed by atoms with Crippen LogP contribution in [0.25, 0.3) is 0 Å². The summed E-state index contributed by atoms with van der Waals surface area (Å²) in [5.41, 5.74) is 1.10. The number of nitrogens with zero attached hydrogens (tertiary/aromatic N) is 4. The maximum atomic E-state index is 14.4. The minimum absolute atomic E-state index is 0.0410. The van der Waals surface area contributed by atoms with E-state index >= 15 is 0 Å². The van der Waals surface area contributed by atoms with Crippen LogP contribution in [0.15, 0.2) is 42.6 Å². The summed E-state index contributed by atoms with van der Waals surface area (Å²) in [5.74, 6) is -0.180. The number of rotatable bonds is 2. The van der Waals surface area contributed by atoms with Gasteiger partial charge in [0.15, 0.2) is 0 Å². The number of fused-ring (bicyclic) bond motifs is 4. The lowest BCUT2D eigenvalue weighted by molar-refractivity contribution is -0.139.